The quantitative estimate of drug-likeness (QED) is 0.216. The molecule has 0 bridgehead atoms. The summed E-state index contributed by atoms with van der Waals surface area (Å²) >= 11 is 0. The zero-order valence-corrected chi connectivity index (χ0v) is 5.46. The highest BCUT2D eigenvalue weighted by molar-refractivity contribution is 4.53. The largest absolute Gasteiger partial charge is 0.392 e. The van der Waals surface area contributed by atoms with Gasteiger partial charge in [-0.3, -0.25) is 11.7 Å². The van der Waals surface area contributed by atoms with E-state index in [1.807, 2.05) is 0 Å². The van der Waals surface area contributed by atoms with Crippen LogP contribution < -0.4 is 23.2 Å². The Morgan fingerprint density at radius 2 is 1.67 bits per heavy atom. The van der Waals surface area contributed by atoms with E-state index in [2.05, 4.69) is 11.7 Å². The highest BCUT2D eigenvalue weighted by Crippen LogP contribution is 1.81. The van der Waals surface area contributed by atoms with Gasteiger partial charge in [-0.25, -0.2) is 0 Å². The second kappa shape index (κ2) is 10.7. The monoisotopic (exact) mass is 136 g/mol. The second-order valence-corrected chi connectivity index (χ2v) is 1.47. The van der Waals surface area contributed by atoms with Crippen LogP contribution in [0, 0.1) is 0 Å². The Morgan fingerprint density at radius 1 is 1.22 bits per heavy atom. The minimum absolute atomic E-state index is 0.317. The molecule has 0 aromatic rings. The molecule has 0 aliphatic carbocycles. The van der Waals surface area contributed by atoms with E-state index in [9.17, 15) is 0 Å². The molecule has 0 spiro atoms. The number of rotatable bonds is 3. The van der Waals surface area contributed by atoms with Crippen LogP contribution in [-0.2, 0) is 0 Å². The third-order valence-corrected chi connectivity index (χ3v) is 0.772. The van der Waals surface area contributed by atoms with Crippen molar-refractivity contribution in [1.29, 1.82) is 0 Å². The first kappa shape index (κ1) is 11.6. The van der Waals surface area contributed by atoms with Crippen LogP contribution in [0.2, 0.25) is 0 Å². The summed E-state index contributed by atoms with van der Waals surface area (Å²) in [5.41, 5.74) is 10.1. The molecule has 0 saturated heterocycles. The molecule has 0 rings (SSSR count). The summed E-state index contributed by atoms with van der Waals surface area (Å²) in [4.78, 5) is 0. The van der Waals surface area contributed by atoms with Gasteiger partial charge in [0.1, 0.15) is 0 Å². The molecule has 5 nitrogen and oxygen atoms in total. The maximum atomic E-state index is 8.65. The molecule has 9 heavy (non-hydrogen) atoms. The average molecular weight is 136 g/mol. The molecule has 0 aromatic carbocycles. The van der Waals surface area contributed by atoms with E-state index < -0.39 is 6.10 Å². The normalized spacial score (nSPS) is 11.7. The van der Waals surface area contributed by atoms with Crippen LogP contribution in [0.3, 0.4) is 0 Å². The van der Waals surface area contributed by atoms with Gasteiger partial charge in [-0.15, -0.1) is 0 Å². The highest BCUT2D eigenvalue weighted by atomic mass is 16.3. The SMILES string of the molecule is NCCC(O)CN.NN. The highest BCUT2D eigenvalue weighted by Gasteiger charge is 1.95. The van der Waals surface area contributed by atoms with E-state index >= 15 is 0 Å². The maximum absolute atomic E-state index is 8.65. The summed E-state index contributed by atoms with van der Waals surface area (Å²) in [6.45, 7) is 0.829. The molecule has 0 radical (unpaired) electrons. The molecule has 0 aliphatic rings. The zero-order chi connectivity index (χ0) is 7.70. The number of nitrogens with two attached hydrogens (primary N) is 4. The fourth-order valence-electron chi connectivity index (χ4n) is 0.310. The van der Waals surface area contributed by atoms with Gasteiger partial charge in [-0.1, -0.05) is 0 Å². The molecule has 1 atom stereocenters. The summed E-state index contributed by atoms with van der Waals surface area (Å²) in [6, 6.07) is 0. The summed E-state index contributed by atoms with van der Waals surface area (Å²) in [6.07, 6.45) is 0.209. The van der Waals surface area contributed by atoms with Gasteiger partial charge in [0, 0.05) is 6.54 Å². The molecule has 1 unspecified atom stereocenters. The molecular weight excluding hydrogens is 120 g/mol. The lowest BCUT2D eigenvalue weighted by atomic mass is 10.3. The van der Waals surface area contributed by atoms with Gasteiger partial charge in [0.25, 0.3) is 0 Å². The van der Waals surface area contributed by atoms with Crippen LogP contribution in [0.25, 0.3) is 0 Å². The molecule has 0 saturated carbocycles. The van der Waals surface area contributed by atoms with Crippen LogP contribution in [0.4, 0.5) is 0 Å². The lowest BCUT2D eigenvalue weighted by Crippen LogP contribution is -2.22. The van der Waals surface area contributed by atoms with Crippen LogP contribution in [0.15, 0.2) is 0 Å². The first-order valence-corrected chi connectivity index (χ1v) is 2.72. The van der Waals surface area contributed by atoms with Gasteiger partial charge in [-0.2, -0.15) is 0 Å². The van der Waals surface area contributed by atoms with E-state index in [1.165, 1.54) is 0 Å². The smallest absolute Gasteiger partial charge is 0.0674 e. The van der Waals surface area contributed by atoms with Crippen LogP contribution >= 0.6 is 0 Å². The predicted molar refractivity (Wildman–Crippen MR) is 37.1 cm³/mol. The molecule has 0 heterocycles. The van der Waals surface area contributed by atoms with Gasteiger partial charge in [0.2, 0.25) is 0 Å². The summed E-state index contributed by atoms with van der Waals surface area (Å²) in [5.74, 6) is 8.00. The Kier molecular flexibility index (Phi) is 13.8. The molecule has 0 aromatic heterocycles. The lowest BCUT2D eigenvalue weighted by molar-refractivity contribution is 0.175. The molecule has 9 N–H and O–H groups in total. The average Bonchev–Trinajstić information content (AvgIpc) is 1.93. The third kappa shape index (κ3) is 11.4. The van der Waals surface area contributed by atoms with E-state index in [0.29, 0.717) is 19.5 Å². The van der Waals surface area contributed by atoms with Gasteiger partial charge >= 0.3 is 0 Å². The molecule has 0 aliphatic heterocycles. The summed E-state index contributed by atoms with van der Waals surface area (Å²) in [5, 5.41) is 8.65. The Labute approximate surface area is 55.0 Å². The van der Waals surface area contributed by atoms with Crippen LogP contribution in [-0.4, -0.2) is 24.3 Å². The van der Waals surface area contributed by atoms with Crippen molar-refractivity contribution >= 4 is 0 Å². The first-order valence-electron chi connectivity index (χ1n) is 2.72. The number of hydrazine groups is 1. The van der Waals surface area contributed by atoms with E-state index in [4.69, 9.17) is 16.6 Å². The molecule has 5 heteroatoms. The Morgan fingerprint density at radius 3 is 1.78 bits per heavy atom. The predicted octanol–water partition coefficient (Wildman–Crippen LogP) is -2.53. The molecule has 0 amide bonds. The molecule has 0 fully saturated rings. The van der Waals surface area contributed by atoms with Gasteiger partial charge in [0.15, 0.2) is 0 Å². The minimum atomic E-state index is -0.398. The maximum Gasteiger partial charge on any atom is 0.0674 e. The standard InChI is InChI=1S/C4H12N2O.H4N2/c5-2-1-4(7)3-6;1-2/h4,7H,1-3,5-6H2;1-2H2. The number of hydrogen-bond acceptors (Lipinski definition) is 5. The van der Waals surface area contributed by atoms with Gasteiger partial charge in [-0.05, 0) is 13.0 Å². The van der Waals surface area contributed by atoms with Crippen molar-refractivity contribution in [3.05, 3.63) is 0 Å². The minimum Gasteiger partial charge on any atom is -0.392 e. The Balaban J connectivity index is 0. The topological polar surface area (TPSA) is 124 Å². The third-order valence-electron chi connectivity index (χ3n) is 0.772. The number of aliphatic hydroxyl groups is 1. The van der Waals surface area contributed by atoms with Crippen molar-refractivity contribution in [1.82, 2.24) is 0 Å². The number of aliphatic hydroxyl groups excluding tert-OH is 1. The van der Waals surface area contributed by atoms with Crippen molar-refractivity contribution in [3.8, 4) is 0 Å². The lowest BCUT2D eigenvalue weighted by Gasteiger charge is -2.01. The van der Waals surface area contributed by atoms with Crippen molar-refractivity contribution < 1.29 is 5.11 Å². The fraction of sp³-hybridized carbons (Fsp3) is 1.00. The van der Waals surface area contributed by atoms with E-state index in [1.54, 1.807) is 0 Å². The Bertz CT molecular complexity index is 43.5. The van der Waals surface area contributed by atoms with E-state index in [-0.39, 0.29) is 0 Å². The van der Waals surface area contributed by atoms with Crippen molar-refractivity contribution in [2.24, 2.45) is 23.2 Å². The second-order valence-electron chi connectivity index (χ2n) is 1.47. The van der Waals surface area contributed by atoms with Gasteiger partial charge in [0.05, 0.1) is 6.10 Å². The van der Waals surface area contributed by atoms with E-state index in [0.717, 1.165) is 0 Å². The van der Waals surface area contributed by atoms with Crippen LogP contribution in [0.1, 0.15) is 6.42 Å². The van der Waals surface area contributed by atoms with Crippen LogP contribution in [0.5, 0.6) is 0 Å². The Hall–Kier alpha value is -0.200. The van der Waals surface area contributed by atoms with Crippen molar-refractivity contribution in [2.45, 2.75) is 12.5 Å². The molecular formula is C4H16N4O. The summed E-state index contributed by atoms with van der Waals surface area (Å²) in [7, 11) is 0. The van der Waals surface area contributed by atoms with Crippen molar-refractivity contribution in [2.75, 3.05) is 13.1 Å². The first-order chi connectivity index (χ1) is 4.31. The summed E-state index contributed by atoms with van der Waals surface area (Å²) < 4.78 is 0. The van der Waals surface area contributed by atoms with Gasteiger partial charge < -0.3 is 16.6 Å². The fourth-order valence-corrected chi connectivity index (χ4v) is 0.310. The number of hydrogen-bond donors (Lipinski definition) is 5. The van der Waals surface area contributed by atoms with Crippen molar-refractivity contribution in [3.63, 3.8) is 0 Å². The zero-order valence-electron chi connectivity index (χ0n) is 5.46. The molecule has 58 valence electrons.